The lowest BCUT2D eigenvalue weighted by Crippen LogP contribution is -2.27. The molecule has 0 saturated carbocycles. The van der Waals surface area contributed by atoms with E-state index in [0.717, 1.165) is 24.9 Å². The third kappa shape index (κ3) is 5.00. The predicted molar refractivity (Wildman–Crippen MR) is 81.2 cm³/mol. The van der Waals surface area contributed by atoms with Crippen LogP contribution in [0.1, 0.15) is 30.9 Å². The Morgan fingerprint density at radius 1 is 1.40 bits per heavy atom. The number of oxime groups is 1. The minimum Gasteiger partial charge on any atom is -0.409 e. The van der Waals surface area contributed by atoms with Crippen molar-refractivity contribution < 1.29 is 10.3 Å². The molecule has 4 N–H and O–H groups in total. The summed E-state index contributed by atoms with van der Waals surface area (Å²) in [5, 5.41) is 21.3. The first-order valence-corrected chi connectivity index (χ1v) is 7.09. The molecule has 5 nitrogen and oxygen atoms in total. The highest BCUT2D eigenvalue weighted by Crippen LogP contribution is 2.20. The van der Waals surface area contributed by atoms with E-state index in [2.05, 4.69) is 17.0 Å². The lowest BCUT2D eigenvalue weighted by atomic mass is 10.1. The molecule has 0 heterocycles. The first-order chi connectivity index (χ1) is 9.62. The van der Waals surface area contributed by atoms with E-state index in [1.165, 1.54) is 0 Å². The van der Waals surface area contributed by atoms with Crippen molar-refractivity contribution in [1.29, 1.82) is 0 Å². The topological polar surface area (TPSA) is 82.1 Å². The summed E-state index contributed by atoms with van der Waals surface area (Å²) in [6.07, 6.45) is 2.19. The Morgan fingerprint density at radius 3 is 2.70 bits per heavy atom. The van der Waals surface area contributed by atoms with E-state index in [1.54, 1.807) is 12.1 Å². The molecule has 0 fully saturated rings. The average molecular weight is 300 g/mol. The second-order valence-corrected chi connectivity index (χ2v) is 5.05. The fourth-order valence-electron chi connectivity index (χ4n) is 1.93. The van der Waals surface area contributed by atoms with Gasteiger partial charge >= 0.3 is 0 Å². The highest BCUT2D eigenvalue weighted by molar-refractivity contribution is 6.31. The molecule has 1 aromatic carbocycles. The van der Waals surface area contributed by atoms with E-state index in [-0.39, 0.29) is 12.4 Å². The molecule has 0 saturated heterocycles. The van der Waals surface area contributed by atoms with Crippen molar-refractivity contribution in [3.05, 3.63) is 34.3 Å². The lowest BCUT2D eigenvalue weighted by Gasteiger charge is -2.21. The number of nitrogens with two attached hydrogens (primary N) is 1. The van der Waals surface area contributed by atoms with Crippen molar-refractivity contribution in [1.82, 2.24) is 4.90 Å². The molecular weight excluding hydrogens is 278 g/mol. The average Bonchev–Trinajstić information content (AvgIpc) is 2.46. The minimum atomic E-state index is 0.0386. The van der Waals surface area contributed by atoms with Gasteiger partial charge in [-0.05, 0) is 24.6 Å². The van der Waals surface area contributed by atoms with Crippen LogP contribution in [0.15, 0.2) is 23.4 Å². The number of aliphatic hydroxyl groups excluding tert-OH is 1. The van der Waals surface area contributed by atoms with Crippen LogP contribution in [0.3, 0.4) is 0 Å². The van der Waals surface area contributed by atoms with Gasteiger partial charge in [-0.1, -0.05) is 42.2 Å². The maximum absolute atomic E-state index is 9.10. The van der Waals surface area contributed by atoms with Crippen LogP contribution >= 0.6 is 11.6 Å². The van der Waals surface area contributed by atoms with Gasteiger partial charge in [0.25, 0.3) is 0 Å². The van der Waals surface area contributed by atoms with Gasteiger partial charge in [0.2, 0.25) is 0 Å². The van der Waals surface area contributed by atoms with Crippen molar-refractivity contribution in [3.8, 4) is 0 Å². The Balaban J connectivity index is 2.79. The maximum atomic E-state index is 9.10. The molecule has 20 heavy (non-hydrogen) atoms. The third-order valence-electron chi connectivity index (χ3n) is 3.09. The van der Waals surface area contributed by atoms with E-state index < -0.39 is 0 Å². The van der Waals surface area contributed by atoms with Crippen molar-refractivity contribution >= 4 is 17.4 Å². The van der Waals surface area contributed by atoms with Gasteiger partial charge in [0.1, 0.15) is 0 Å². The molecule has 0 unspecified atom stereocenters. The predicted octanol–water partition coefficient (Wildman–Crippen LogP) is 2.03. The molecule has 6 heteroatoms. The van der Waals surface area contributed by atoms with E-state index in [1.807, 2.05) is 6.07 Å². The van der Waals surface area contributed by atoms with Crippen LogP contribution in [-0.2, 0) is 6.54 Å². The van der Waals surface area contributed by atoms with E-state index in [4.69, 9.17) is 27.6 Å². The molecule has 0 aliphatic rings. The van der Waals surface area contributed by atoms with Crippen molar-refractivity contribution in [3.63, 3.8) is 0 Å². The summed E-state index contributed by atoms with van der Waals surface area (Å²) in [7, 11) is 0. The molecule has 0 amide bonds. The molecular formula is C14H22ClN3O2. The van der Waals surface area contributed by atoms with Crippen LogP contribution in [-0.4, -0.2) is 40.7 Å². The molecule has 1 rings (SSSR count). The van der Waals surface area contributed by atoms with Crippen molar-refractivity contribution in [2.24, 2.45) is 10.9 Å². The van der Waals surface area contributed by atoms with Crippen LogP contribution in [0.2, 0.25) is 5.02 Å². The molecule has 0 aliphatic heterocycles. The zero-order chi connectivity index (χ0) is 15.0. The summed E-state index contributed by atoms with van der Waals surface area (Å²) in [6, 6.07) is 5.32. The zero-order valence-corrected chi connectivity index (χ0v) is 12.5. The number of hydrogen-bond acceptors (Lipinski definition) is 4. The van der Waals surface area contributed by atoms with Crippen LogP contribution in [0.4, 0.5) is 0 Å². The number of nitrogens with zero attached hydrogens (tertiary/aromatic N) is 2. The van der Waals surface area contributed by atoms with Gasteiger partial charge in [-0.25, -0.2) is 0 Å². The van der Waals surface area contributed by atoms with E-state index >= 15 is 0 Å². The number of aliphatic hydroxyl groups is 1. The quantitative estimate of drug-likeness (QED) is 0.297. The van der Waals surface area contributed by atoms with Gasteiger partial charge in [-0.2, -0.15) is 0 Å². The fourth-order valence-corrected chi connectivity index (χ4v) is 2.17. The van der Waals surface area contributed by atoms with Gasteiger partial charge < -0.3 is 16.0 Å². The Labute approximate surface area is 124 Å². The SMILES string of the molecule is CCCCN(CCO)Cc1ccc(/C(N)=N/O)cc1Cl. The molecule has 0 spiro atoms. The summed E-state index contributed by atoms with van der Waals surface area (Å²) >= 11 is 6.23. The number of hydrogen-bond donors (Lipinski definition) is 3. The minimum absolute atomic E-state index is 0.0386. The molecule has 1 aromatic rings. The lowest BCUT2D eigenvalue weighted by molar-refractivity contribution is 0.188. The van der Waals surface area contributed by atoms with E-state index in [0.29, 0.717) is 23.7 Å². The number of amidine groups is 1. The Kier molecular flexibility index (Phi) is 7.36. The van der Waals surface area contributed by atoms with E-state index in [9.17, 15) is 0 Å². The highest BCUT2D eigenvalue weighted by atomic mass is 35.5. The third-order valence-corrected chi connectivity index (χ3v) is 3.45. The van der Waals surface area contributed by atoms with Gasteiger partial charge in [0, 0.05) is 23.7 Å². The fraction of sp³-hybridized carbons (Fsp3) is 0.500. The summed E-state index contributed by atoms with van der Waals surface area (Å²) < 4.78 is 0. The largest absolute Gasteiger partial charge is 0.409 e. The number of rotatable bonds is 8. The van der Waals surface area contributed by atoms with Gasteiger partial charge in [-0.15, -0.1) is 0 Å². The molecule has 0 aliphatic carbocycles. The maximum Gasteiger partial charge on any atom is 0.170 e. The second-order valence-electron chi connectivity index (χ2n) is 4.64. The molecule has 0 bridgehead atoms. The monoisotopic (exact) mass is 299 g/mol. The zero-order valence-electron chi connectivity index (χ0n) is 11.7. The van der Waals surface area contributed by atoms with Crippen molar-refractivity contribution in [2.45, 2.75) is 26.3 Å². The van der Waals surface area contributed by atoms with Gasteiger partial charge in [0.05, 0.1) is 6.61 Å². The Hall–Kier alpha value is -1.30. The smallest absolute Gasteiger partial charge is 0.170 e. The number of benzene rings is 1. The highest BCUT2D eigenvalue weighted by Gasteiger charge is 2.09. The second kappa shape index (κ2) is 8.79. The summed E-state index contributed by atoms with van der Waals surface area (Å²) in [6.45, 7) is 4.49. The Morgan fingerprint density at radius 2 is 2.15 bits per heavy atom. The summed E-state index contributed by atoms with van der Waals surface area (Å²) in [4.78, 5) is 2.16. The first kappa shape index (κ1) is 16.8. The van der Waals surface area contributed by atoms with Crippen LogP contribution in [0.25, 0.3) is 0 Å². The van der Waals surface area contributed by atoms with Crippen molar-refractivity contribution in [2.75, 3.05) is 19.7 Å². The molecule has 0 atom stereocenters. The summed E-state index contributed by atoms with van der Waals surface area (Å²) in [5.41, 5.74) is 7.08. The standard InChI is InChI=1S/C14H22ClN3O2/c1-2-3-6-18(7-8-19)10-12-5-4-11(9-13(12)15)14(16)17-20/h4-5,9,19-20H,2-3,6-8,10H2,1H3,(H2,16,17). The number of halogens is 1. The van der Waals surface area contributed by atoms with Crippen LogP contribution < -0.4 is 5.73 Å². The molecule has 0 aromatic heterocycles. The first-order valence-electron chi connectivity index (χ1n) is 6.71. The summed E-state index contributed by atoms with van der Waals surface area (Å²) in [5.74, 6) is 0.0386. The molecule has 0 radical (unpaired) electrons. The Bertz CT molecular complexity index is 452. The number of unbranched alkanes of at least 4 members (excludes halogenated alkanes) is 1. The normalized spacial score (nSPS) is 12.1. The van der Waals surface area contributed by atoms with Gasteiger partial charge in [-0.3, -0.25) is 4.90 Å². The molecule has 112 valence electrons. The van der Waals surface area contributed by atoms with Crippen LogP contribution in [0, 0.1) is 0 Å². The van der Waals surface area contributed by atoms with Gasteiger partial charge in [0.15, 0.2) is 5.84 Å². The van der Waals surface area contributed by atoms with Crippen LogP contribution in [0.5, 0.6) is 0 Å².